The number of amides is 1. The Labute approximate surface area is 133 Å². The first kappa shape index (κ1) is 18.4. The third-order valence-corrected chi connectivity index (χ3v) is 4.52. The van der Waals surface area contributed by atoms with Gasteiger partial charge in [0.05, 0.1) is 6.26 Å². The van der Waals surface area contributed by atoms with Crippen molar-refractivity contribution < 1.29 is 13.2 Å². The Kier molecular flexibility index (Phi) is 6.77. The maximum absolute atomic E-state index is 11.9. The quantitative estimate of drug-likeness (QED) is 0.747. The molecule has 0 saturated carbocycles. The van der Waals surface area contributed by atoms with Gasteiger partial charge in [-0.3, -0.25) is 4.79 Å². The summed E-state index contributed by atoms with van der Waals surface area (Å²) >= 11 is 0. The van der Waals surface area contributed by atoms with Crippen molar-refractivity contribution in [1.29, 1.82) is 0 Å². The zero-order valence-electron chi connectivity index (χ0n) is 13.4. The zero-order chi connectivity index (χ0) is 16.8. The second kappa shape index (κ2) is 8.10. The smallest absolute Gasteiger partial charge is 0.225 e. The fourth-order valence-corrected chi connectivity index (χ4v) is 2.74. The standard InChI is InChI=1S/C16H24N2O3S/c1-5-11-18(22(4,20)21)12-10-16(19)17-15-8-6-14(7-9-15)13(2)3/h5-9,13H,1,10-12H2,2-4H3,(H,17,19). The predicted octanol–water partition coefficient (Wildman–Crippen LogP) is 2.59. The third-order valence-electron chi connectivity index (χ3n) is 3.25. The van der Waals surface area contributed by atoms with Gasteiger partial charge in [-0.05, 0) is 23.6 Å². The van der Waals surface area contributed by atoms with E-state index in [2.05, 4.69) is 25.7 Å². The number of carbonyl (C=O) groups excluding carboxylic acids is 1. The number of hydrogen-bond acceptors (Lipinski definition) is 3. The van der Waals surface area contributed by atoms with Crippen molar-refractivity contribution in [1.82, 2.24) is 4.31 Å². The summed E-state index contributed by atoms with van der Waals surface area (Å²) in [5.74, 6) is 0.224. The van der Waals surface area contributed by atoms with E-state index in [4.69, 9.17) is 0 Å². The zero-order valence-corrected chi connectivity index (χ0v) is 14.2. The van der Waals surface area contributed by atoms with Crippen LogP contribution >= 0.6 is 0 Å². The molecule has 122 valence electrons. The largest absolute Gasteiger partial charge is 0.326 e. The first-order valence-corrected chi connectivity index (χ1v) is 9.04. The minimum atomic E-state index is -3.33. The summed E-state index contributed by atoms with van der Waals surface area (Å²) in [7, 11) is -3.33. The van der Waals surface area contributed by atoms with Crippen LogP contribution in [0.4, 0.5) is 5.69 Å². The number of carbonyl (C=O) groups is 1. The molecule has 0 aliphatic carbocycles. The first-order chi connectivity index (χ1) is 10.2. The molecule has 1 N–H and O–H groups in total. The number of rotatable bonds is 8. The summed E-state index contributed by atoms with van der Waals surface area (Å²) < 4.78 is 24.3. The van der Waals surface area contributed by atoms with Crippen LogP contribution in [0.5, 0.6) is 0 Å². The molecular formula is C16H24N2O3S. The van der Waals surface area contributed by atoms with Crippen LogP contribution in [-0.2, 0) is 14.8 Å². The highest BCUT2D eigenvalue weighted by molar-refractivity contribution is 7.88. The summed E-state index contributed by atoms with van der Waals surface area (Å²) in [5.41, 5.74) is 1.91. The fraction of sp³-hybridized carbons (Fsp3) is 0.438. The molecular weight excluding hydrogens is 300 g/mol. The lowest BCUT2D eigenvalue weighted by Crippen LogP contribution is -2.33. The monoisotopic (exact) mass is 324 g/mol. The van der Waals surface area contributed by atoms with Crippen molar-refractivity contribution in [3.63, 3.8) is 0 Å². The van der Waals surface area contributed by atoms with Gasteiger partial charge in [0.25, 0.3) is 0 Å². The average molecular weight is 324 g/mol. The SMILES string of the molecule is C=CCN(CCC(=O)Nc1ccc(C(C)C)cc1)S(C)(=O)=O. The molecule has 0 aliphatic rings. The van der Waals surface area contributed by atoms with Gasteiger partial charge in [-0.15, -0.1) is 6.58 Å². The number of benzene rings is 1. The van der Waals surface area contributed by atoms with Crippen molar-refractivity contribution in [2.24, 2.45) is 0 Å². The second-order valence-electron chi connectivity index (χ2n) is 5.48. The van der Waals surface area contributed by atoms with Gasteiger partial charge in [0, 0.05) is 25.2 Å². The van der Waals surface area contributed by atoms with Crippen LogP contribution in [0.2, 0.25) is 0 Å². The van der Waals surface area contributed by atoms with Crippen LogP contribution in [-0.4, -0.2) is 38.0 Å². The van der Waals surface area contributed by atoms with E-state index in [1.807, 2.05) is 24.3 Å². The third kappa shape index (κ3) is 5.99. The van der Waals surface area contributed by atoms with Gasteiger partial charge < -0.3 is 5.32 Å². The molecule has 1 amide bonds. The Morgan fingerprint density at radius 1 is 1.32 bits per heavy atom. The van der Waals surface area contributed by atoms with Crippen molar-refractivity contribution >= 4 is 21.6 Å². The van der Waals surface area contributed by atoms with E-state index < -0.39 is 10.0 Å². The highest BCUT2D eigenvalue weighted by atomic mass is 32.2. The van der Waals surface area contributed by atoms with Crippen LogP contribution in [0.3, 0.4) is 0 Å². The number of nitrogens with one attached hydrogen (secondary N) is 1. The van der Waals surface area contributed by atoms with Crippen LogP contribution in [0.1, 0.15) is 31.7 Å². The average Bonchev–Trinajstić information content (AvgIpc) is 2.42. The van der Waals surface area contributed by atoms with Crippen LogP contribution in [0.15, 0.2) is 36.9 Å². The summed E-state index contributed by atoms with van der Waals surface area (Å²) in [5, 5.41) is 2.77. The molecule has 0 aromatic heterocycles. The maximum atomic E-state index is 11.9. The van der Waals surface area contributed by atoms with E-state index in [0.717, 1.165) is 6.26 Å². The van der Waals surface area contributed by atoms with Gasteiger partial charge in [0.15, 0.2) is 0 Å². The Balaban J connectivity index is 2.57. The molecule has 1 rings (SSSR count). The van der Waals surface area contributed by atoms with Gasteiger partial charge in [-0.2, -0.15) is 4.31 Å². The van der Waals surface area contributed by atoms with E-state index in [-0.39, 0.29) is 25.4 Å². The number of hydrogen-bond donors (Lipinski definition) is 1. The molecule has 6 heteroatoms. The predicted molar refractivity (Wildman–Crippen MR) is 90.4 cm³/mol. The number of nitrogens with zero attached hydrogens (tertiary/aromatic N) is 1. The fourth-order valence-electron chi connectivity index (χ4n) is 1.94. The van der Waals surface area contributed by atoms with Gasteiger partial charge >= 0.3 is 0 Å². The lowest BCUT2D eigenvalue weighted by atomic mass is 10.0. The summed E-state index contributed by atoms with van der Waals surface area (Å²) in [6.45, 7) is 8.08. The Morgan fingerprint density at radius 3 is 2.36 bits per heavy atom. The van der Waals surface area contributed by atoms with Crippen LogP contribution in [0.25, 0.3) is 0 Å². The van der Waals surface area contributed by atoms with Crippen molar-refractivity contribution in [3.05, 3.63) is 42.5 Å². The van der Waals surface area contributed by atoms with Gasteiger partial charge in [0.2, 0.25) is 15.9 Å². The summed E-state index contributed by atoms with van der Waals surface area (Å²) in [6, 6.07) is 7.65. The van der Waals surface area contributed by atoms with Gasteiger partial charge in [-0.1, -0.05) is 32.1 Å². The molecule has 0 fully saturated rings. The highest BCUT2D eigenvalue weighted by Gasteiger charge is 2.16. The Hall–Kier alpha value is -1.66. The molecule has 0 bridgehead atoms. The van der Waals surface area contributed by atoms with Crippen LogP contribution in [0, 0.1) is 0 Å². The molecule has 0 heterocycles. The van der Waals surface area contributed by atoms with E-state index in [9.17, 15) is 13.2 Å². The number of anilines is 1. The molecule has 1 aromatic rings. The molecule has 5 nitrogen and oxygen atoms in total. The lowest BCUT2D eigenvalue weighted by molar-refractivity contribution is -0.116. The minimum absolute atomic E-state index is 0.104. The van der Waals surface area contributed by atoms with Crippen molar-refractivity contribution in [2.45, 2.75) is 26.2 Å². The van der Waals surface area contributed by atoms with E-state index in [1.165, 1.54) is 15.9 Å². The van der Waals surface area contributed by atoms with Crippen molar-refractivity contribution in [2.75, 3.05) is 24.7 Å². The van der Waals surface area contributed by atoms with Gasteiger partial charge in [0.1, 0.15) is 0 Å². The van der Waals surface area contributed by atoms with E-state index in [0.29, 0.717) is 11.6 Å². The summed E-state index contributed by atoms with van der Waals surface area (Å²) in [4.78, 5) is 11.9. The minimum Gasteiger partial charge on any atom is -0.326 e. The molecule has 1 aromatic carbocycles. The highest BCUT2D eigenvalue weighted by Crippen LogP contribution is 2.17. The second-order valence-corrected chi connectivity index (χ2v) is 7.47. The Morgan fingerprint density at radius 2 is 1.91 bits per heavy atom. The first-order valence-electron chi connectivity index (χ1n) is 7.20. The number of sulfonamides is 1. The van der Waals surface area contributed by atoms with E-state index >= 15 is 0 Å². The summed E-state index contributed by atoms with van der Waals surface area (Å²) in [6.07, 6.45) is 2.73. The molecule has 0 saturated heterocycles. The van der Waals surface area contributed by atoms with Crippen LogP contribution < -0.4 is 5.32 Å². The molecule has 0 spiro atoms. The van der Waals surface area contributed by atoms with Gasteiger partial charge in [-0.25, -0.2) is 8.42 Å². The van der Waals surface area contributed by atoms with Crippen molar-refractivity contribution in [3.8, 4) is 0 Å². The topological polar surface area (TPSA) is 66.5 Å². The molecule has 22 heavy (non-hydrogen) atoms. The molecule has 0 unspecified atom stereocenters. The lowest BCUT2D eigenvalue weighted by Gasteiger charge is -2.17. The maximum Gasteiger partial charge on any atom is 0.225 e. The Bertz CT molecular complexity index is 607. The molecule has 0 atom stereocenters. The normalized spacial score (nSPS) is 11.7. The molecule has 0 radical (unpaired) electrons. The van der Waals surface area contributed by atoms with E-state index in [1.54, 1.807) is 0 Å². The molecule has 0 aliphatic heterocycles.